The number of carbonyl (C=O) groups excluding carboxylic acids is 4. The molecule has 6 rings (SSSR count). The van der Waals surface area contributed by atoms with Crippen LogP contribution in [0.25, 0.3) is 0 Å². The van der Waals surface area contributed by atoms with Crippen LogP contribution in [0.1, 0.15) is 233 Å². The van der Waals surface area contributed by atoms with E-state index in [2.05, 4.69) is 52.0 Å². The fraction of sp³-hybridized carbons (Fsp3) is 0.806. The first-order valence-electron chi connectivity index (χ1n) is 30.6. The largest absolute Gasteiger partial charge is 0.282 e. The average molecular weight is 1110 g/mol. The molecule has 0 aromatic carbocycles. The maximum absolute atomic E-state index is 15.8. The molecule has 0 N–H and O–H groups in total. The number of hydrogen-bond donors (Lipinski definition) is 0. The first-order chi connectivity index (χ1) is 37.1. The molecule has 2 saturated heterocycles. The molecule has 2 aliphatic carbocycles. The number of likely N-dealkylation sites (tertiary alicyclic amines) is 2. The van der Waals surface area contributed by atoms with Crippen molar-refractivity contribution in [3.8, 4) is 24.3 Å². The Kier molecular flexibility index (Phi) is 27.1. The van der Waals surface area contributed by atoms with Gasteiger partial charge in [-0.2, -0.15) is 21.0 Å². The second kappa shape index (κ2) is 33.0. The Labute approximate surface area is 476 Å². The van der Waals surface area contributed by atoms with Gasteiger partial charge in [0.05, 0.1) is 23.7 Å². The summed E-state index contributed by atoms with van der Waals surface area (Å²) in [5, 5.41) is 39.9. The quantitative estimate of drug-likeness (QED) is 0.0430. The van der Waals surface area contributed by atoms with Crippen molar-refractivity contribution in [1.82, 2.24) is 9.80 Å². The number of rotatable bonds is 36. The second-order valence-corrected chi connectivity index (χ2v) is 28.1. The number of imide groups is 2. The molecule has 4 amide bonds. The third kappa shape index (κ3) is 15.7. The van der Waals surface area contributed by atoms with E-state index in [1.165, 1.54) is 163 Å². The van der Waals surface area contributed by atoms with E-state index < -0.39 is 56.5 Å². The second-order valence-electron chi connectivity index (χ2n) is 23.3. The number of piperidine rings is 2. The van der Waals surface area contributed by atoms with E-state index in [1.807, 2.05) is 0 Å². The Morgan fingerprint density at radius 3 is 0.737 bits per heavy atom. The Morgan fingerprint density at radius 2 is 0.539 bits per heavy atom. The zero-order valence-electron chi connectivity index (χ0n) is 46.9. The molecule has 0 radical (unpaired) electrons. The van der Waals surface area contributed by atoms with Crippen LogP contribution < -0.4 is 0 Å². The number of fused-ring (bicyclic) bond motifs is 6. The van der Waals surface area contributed by atoms with Crippen LogP contribution in [0.3, 0.4) is 0 Å². The van der Waals surface area contributed by atoms with Crippen LogP contribution >= 0.6 is 47.0 Å². The lowest BCUT2D eigenvalue weighted by atomic mass is 9.50. The lowest BCUT2D eigenvalue weighted by Crippen LogP contribution is -2.76. The number of carbonyl (C=O) groups is 4. The minimum absolute atomic E-state index is 0.109. The molecular formula is C62H92N6O4S4. The van der Waals surface area contributed by atoms with Crippen LogP contribution in [0, 0.1) is 92.7 Å². The predicted octanol–water partition coefficient (Wildman–Crippen LogP) is 16.2. The van der Waals surface area contributed by atoms with E-state index in [4.69, 9.17) is 0 Å². The zero-order chi connectivity index (χ0) is 54.4. The zero-order valence-corrected chi connectivity index (χ0v) is 50.2. The van der Waals surface area contributed by atoms with Gasteiger partial charge >= 0.3 is 0 Å². The van der Waals surface area contributed by atoms with Gasteiger partial charge in [-0.25, -0.2) is 0 Å². The van der Waals surface area contributed by atoms with Gasteiger partial charge in [0.1, 0.15) is 43.9 Å². The Hall–Kier alpha value is -2.88. The van der Waals surface area contributed by atoms with Crippen LogP contribution in [0.15, 0.2) is 19.6 Å². The number of amides is 4. The fourth-order valence-electron chi connectivity index (χ4n) is 14.0. The molecule has 4 heterocycles. The molecule has 76 heavy (non-hydrogen) atoms. The minimum Gasteiger partial charge on any atom is -0.282 e. The van der Waals surface area contributed by atoms with E-state index >= 15 is 19.2 Å². The van der Waals surface area contributed by atoms with Gasteiger partial charge in [-0.3, -0.25) is 29.0 Å². The van der Waals surface area contributed by atoms with Gasteiger partial charge in [-0.05, 0) is 49.4 Å². The summed E-state index contributed by atoms with van der Waals surface area (Å²) in [7, 11) is 0. The topological polar surface area (TPSA) is 170 Å². The number of unbranched alkanes of at least 4 members (excludes halogenated alkanes) is 24. The van der Waals surface area contributed by atoms with Gasteiger partial charge in [0.2, 0.25) is 23.6 Å². The van der Waals surface area contributed by atoms with Gasteiger partial charge in [-0.1, -0.05) is 207 Å². The molecule has 2 saturated carbocycles. The summed E-state index contributed by atoms with van der Waals surface area (Å²) in [5.41, 5.74) is 0. The number of allylic oxidation sites excluding steroid dienone is 4. The van der Waals surface area contributed by atoms with Gasteiger partial charge in [-0.15, -0.1) is 47.0 Å². The summed E-state index contributed by atoms with van der Waals surface area (Å²) in [6, 6.07) is 9.09. The first kappa shape index (κ1) is 62.3. The molecule has 4 fully saturated rings. The highest BCUT2D eigenvalue weighted by atomic mass is 32.2. The Bertz CT molecular complexity index is 1920. The fourth-order valence-corrected chi connectivity index (χ4v) is 20.1. The summed E-state index contributed by atoms with van der Waals surface area (Å²) >= 11 is 4.93. The van der Waals surface area contributed by atoms with E-state index in [9.17, 15) is 21.0 Å². The number of nitriles is 4. The third-order valence-corrected chi connectivity index (χ3v) is 24.1. The van der Waals surface area contributed by atoms with Crippen LogP contribution in [0.5, 0.6) is 0 Å². The highest BCUT2D eigenvalue weighted by Gasteiger charge is 2.73. The van der Waals surface area contributed by atoms with Crippen molar-refractivity contribution < 1.29 is 19.2 Å². The average Bonchev–Trinajstić information content (AvgIpc) is 3.45. The summed E-state index contributed by atoms with van der Waals surface area (Å²) in [6.07, 6.45) is 36.5. The molecule has 0 bridgehead atoms. The Balaban J connectivity index is 1.36. The standard InChI is InChI=1S/C62H92N6O4S4/c1-5-9-13-17-21-23-27-31-35-43(33-29-25-19-15-11-7-3)41-67-59(69)51-49-50-53(57-55(51)73-45(37-63)47(39-65)75-57)61(71)68(42-44(34-30-26-20-16-12-8-4)36-32-28-24-22-18-14-10-6-2)62(72)54(50)58-56(52(49)60(67)70)74-46(38-64)48(40-66)76-58/h43-44,49-58H,5-36,41-42H2,1-4H3. The maximum Gasteiger partial charge on any atom is 0.233 e. The number of nitrogens with zero attached hydrogens (tertiary/aromatic N) is 6. The summed E-state index contributed by atoms with van der Waals surface area (Å²) in [4.78, 5) is 67.1. The van der Waals surface area contributed by atoms with E-state index in [0.29, 0.717) is 13.1 Å². The normalized spacial score (nSPS) is 27.5. The van der Waals surface area contributed by atoms with Crippen molar-refractivity contribution in [2.24, 2.45) is 47.3 Å². The molecule has 10 nitrogen and oxygen atoms in total. The highest BCUT2D eigenvalue weighted by molar-refractivity contribution is 8.11. The van der Waals surface area contributed by atoms with Crippen molar-refractivity contribution in [1.29, 1.82) is 21.0 Å². The SMILES string of the molecule is CCCCCCCCCCC(CCCCCCCC)CN1C(=O)C2C3SC(C#N)=C(C#N)SC3C3C(=O)N(CC(CCCCCCCC)CCCCCCCCCC)C(=O)C4C5SC(C#N)=C(C#N)SC5C(C1=O)C2C34. The minimum atomic E-state index is -0.789. The summed E-state index contributed by atoms with van der Waals surface area (Å²) in [5.74, 6) is -5.41. The molecule has 10 atom stereocenters. The molecule has 6 aliphatic rings. The van der Waals surface area contributed by atoms with Crippen LogP contribution in [-0.2, 0) is 19.2 Å². The van der Waals surface area contributed by atoms with Crippen molar-refractivity contribution in [2.45, 2.75) is 254 Å². The molecule has 0 aromatic heterocycles. The van der Waals surface area contributed by atoms with E-state index in [-0.39, 0.29) is 55.1 Å². The van der Waals surface area contributed by atoms with Crippen molar-refractivity contribution >= 4 is 70.7 Å². The molecule has 4 aliphatic heterocycles. The molecular weight excluding hydrogens is 1020 g/mol. The van der Waals surface area contributed by atoms with Gasteiger partial charge in [0.25, 0.3) is 0 Å². The van der Waals surface area contributed by atoms with E-state index in [1.54, 1.807) is 9.80 Å². The molecule has 10 unspecified atom stereocenters. The maximum atomic E-state index is 15.8. The monoisotopic (exact) mass is 1110 g/mol. The molecule has 14 heteroatoms. The lowest BCUT2D eigenvalue weighted by molar-refractivity contribution is -0.184. The van der Waals surface area contributed by atoms with Crippen LogP contribution in [0.4, 0.5) is 0 Å². The van der Waals surface area contributed by atoms with Crippen LogP contribution in [-0.4, -0.2) is 67.5 Å². The van der Waals surface area contributed by atoms with Gasteiger partial charge < -0.3 is 0 Å². The van der Waals surface area contributed by atoms with Gasteiger partial charge in [0, 0.05) is 34.1 Å². The van der Waals surface area contributed by atoms with Crippen molar-refractivity contribution in [2.75, 3.05) is 13.1 Å². The van der Waals surface area contributed by atoms with Crippen LogP contribution in [0.2, 0.25) is 0 Å². The predicted molar refractivity (Wildman–Crippen MR) is 314 cm³/mol. The Morgan fingerprint density at radius 1 is 0.342 bits per heavy atom. The molecule has 0 aromatic rings. The van der Waals surface area contributed by atoms with Crippen molar-refractivity contribution in [3.05, 3.63) is 19.6 Å². The molecule has 418 valence electrons. The lowest BCUT2D eigenvalue weighted by Gasteiger charge is -2.64. The van der Waals surface area contributed by atoms with Gasteiger partial charge in [0.15, 0.2) is 0 Å². The highest BCUT2D eigenvalue weighted by Crippen LogP contribution is 2.68. The van der Waals surface area contributed by atoms with E-state index in [0.717, 1.165) is 89.9 Å². The summed E-state index contributed by atoms with van der Waals surface area (Å²) in [6.45, 7) is 9.51. The number of hydrogen-bond acceptors (Lipinski definition) is 12. The first-order valence-corrected chi connectivity index (χ1v) is 34.1. The van der Waals surface area contributed by atoms with Crippen molar-refractivity contribution in [3.63, 3.8) is 0 Å². The number of thioether (sulfide) groups is 4. The molecule has 0 spiro atoms. The smallest absolute Gasteiger partial charge is 0.233 e. The summed E-state index contributed by atoms with van der Waals surface area (Å²) < 4.78 is 0. The third-order valence-electron chi connectivity index (χ3n) is 18.0.